The Morgan fingerprint density at radius 1 is 0.545 bits per heavy atom. The Labute approximate surface area is 252 Å². The molecule has 0 N–H and O–H groups in total. The maximum atomic E-state index is 12.8. The molecule has 5 rings (SSSR count). The zero-order valence-corrected chi connectivity index (χ0v) is 24.4. The van der Waals surface area contributed by atoms with Gasteiger partial charge in [0.15, 0.2) is 0 Å². The number of hydrogen-bond donors (Lipinski definition) is 0. The second-order valence-electron chi connectivity index (χ2n) is 9.46. The Hall–Kier alpha value is -4.62. The number of methoxy groups -OCH3 is 2. The average Bonchev–Trinajstić information content (AvgIpc) is 3.04. The van der Waals surface area contributed by atoms with E-state index in [1.54, 1.807) is 74.9 Å². The molecule has 5 aromatic rings. The Balaban J connectivity index is 1.26. The predicted molar refractivity (Wildman–Crippen MR) is 161 cm³/mol. The zero-order chi connectivity index (χ0) is 30.7. The van der Waals surface area contributed by atoms with Crippen LogP contribution in [0, 0.1) is 0 Å². The van der Waals surface area contributed by atoms with Crippen molar-refractivity contribution >= 4 is 21.8 Å². The minimum Gasteiger partial charge on any atom is -0.491 e. The molecule has 0 amide bonds. The molecule has 0 aliphatic heterocycles. The summed E-state index contributed by atoms with van der Waals surface area (Å²) >= 11 is 0. The van der Waals surface area contributed by atoms with E-state index in [4.69, 9.17) is 37.3 Å². The quantitative estimate of drug-likeness (QED) is 0.150. The molecule has 0 unspecified atom stereocenters. The molecule has 0 spiro atoms. The summed E-state index contributed by atoms with van der Waals surface area (Å²) in [4.78, 5) is 34.6. The van der Waals surface area contributed by atoms with Crippen molar-refractivity contribution in [1.82, 2.24) is 9.97 Å². The molecule has 0 bridgehead atoms. The summed E-state index contributed by atoms with van der Waals surface area (Å²) in [7, 11) is 3.22. The van der Waals surface area contributed by atoms with E-state index in [2.05, 4.69) is 9.97 Å². The number of ether oxygens (including phenoxy) is 6. The molecule has 0 aliphatic carbocycles. The molecule has 12 heteroatoms. The van der Waals surface area contributed by atoms with Gasteiger partial charge in [0, 0.05) is 25.3 Å². The Morgan fingerprint density at radius 3 is 1.36 bits per heavy atom. The van der Waals surface area contributed by atoms with Gasteiger partial charge in [-0.1, -0.05) is 0 Å². The second kappa shape index (κ2) is 15.2. The number of nitrogens with zero attached hydrogens (tertiary/aromatic N) is 2. The maximum Gasteiger partial charge on any atom is 0.347 e. The molecule has 0 atom stereocenters. The molecule has 0 saturated heterocycles. The van der Waals surface area contributed by atoms with Gasteiger partial charge in [0.2, 0.25) is 11.8 Å². The number of fused-ring (bicyclic) bond motifs is 2. The summed E-state index contributed by atoms with van der Waals surface area (Å²) in [6, 6.07) is 16.9. The average molecular weight is 605 g/mol. The van der Waals surface area contributed by atoms with Crippen LogP contribution >= 0.6 is 0 Å². The molecular weight excluding hydrogens is 572 g/mol. The summed E-state index contributed by atoms with van der Waals surface area (Å²) in [6.07, 6.45) is 0. The van der Waals surface area contributed by atoms with Crippen molar-refractivity contribution in [2.45, 2.75) is 0 Å². The lowest BCUT2D eigenvalue weighted by molar-refractivity contribution is 0.0544. The fourth-order valence-electron chi connectivity index (χ4n) is 4.21. The van der Waals surface area contributed by atoms with E-state index in [9.17, 15) is 9.59 Å². The van der Waals surface area contributed by atoms with E-state index in [0.29, 0.717) is 97.3 Å². The van der Waals surface area contributed by atoms with E-state index in [1.807, 2.05) is 0 Å². The molecule has 3 aromatic carbocycles. The number of hydrogen-bond acceptors (Lipinski definition) is 12. The highest BCUT2D eigenvalue weighted by Crippen LogP contribution is 2.26. The minimum atomic E-state index is -0.542. The van der Waals surface area contributed by atoms with Crippen LogP contribution in [0.4, 0.5) is 0 Å². The zero-order valence-electron chi connectivity index (χ0n) is 24.4. The first kappa shape index (κ1) is 30.8. The minimum absolute atomic E-state index is 0.152. The first-order valence-corrected chi connectivity index (χ1v) is 14.0. The monoisotopic (exact) mass is 604 g/mol. The molecule has 2 aromatic heterocycles. The highest BCUT2D eigenvalue weighted by Gasteiger charge is 2.13. The van der Waals surface area contributed by atoms with Crippen molar-refractivity contribution in [1.29, 1.82) is 0 Å². The smallest absolute Gasteiger partial charge is 0.347 e. The summed E-state index contributed by atoms with van der Waals surface area (Å²) in [5.41, 5.74) is 0.983. The van der Waals surface area contributed by atoms with E-state index < -0.39 is 11.3 Å². The van der Waals surface area contributed by atoms with Crippen LogP contribution in [-0.2, 0) is 18.9 Å². The Bertz CT molecular complexity index is 1670. The third-order valence-corrected chi connectivity index (χ3v) is 6.43. The topological polar surface area (TPSA) is 142 Å². The van der Waals surface area contributed by atoms with E-state index in [1.165, 1.54) is 0 Å². The van der Waals surface area contributed by atoms with Gasteiger partial charge in [0.05, 0.1) is 61.4 Å². The van der Waals surface area contributed by atoms with E-state index in [-0.39, 0.29) is 11.8 Å². The third kappa shape index (κ3) is 7.85. The first-order chi connectivity index (χ1) is 21.6. The highest BCUT2D eigenvalue weighted by molar-refractivity contribution is 5.81. The molecule has 230 valence electrons. The fourth-order valence-corrected chi connectivity index (χ4v) is 4.21. The first-order valence-electron chi connectivity index (χ1n) is 14.0. The van der Waals surface area contributed by atoms with Crippen LogP contribution in [-0.4, -0.2) is 77.0 Å². The van der Waals surface area contributed by atoms with Crippen molar-refractivity contribution in [2.75, 3.05) is 67.1 Å². The van der Waals surface area contributed by atoms with Crippen LogP contribution in [0.1, 0.15) is 0 Å². The molecular formula is C32H32N2O10. The second-order valence-corrected chi connectivity index (χ2v) is 9.46. The van der Waals surface area contributed by atoms with Crippen molar-refractivity contribution in [2.24, 2.45) is 0 Å². The maximum absolute atomic E-state index is 12.8. The predicted octanol–water partition coefficient (Wildman–Crippen LogP) is 4.11. The fraction of sp³-hybridized carbons (Fsp3) is 0.312. The number of rotatable bonds is 16. The van der Waals surface area contributed by atoms with Crippen LogP contribution in [0.15, 0.2) is 79.1 Å². The SMILES string of the molecule is COCCOCCOc1ccc2nc(-c3ccc(-c4nc5ccc(OCCOCCOC)cc5c(=O)o4)cc3)oc(=O)c2c1. The third-order valence-electron chi connectivity index (χ3n) is 6.43. The van der Waals surface area contributed by atoms with Gasteiger partial charge in [-0.25, -0.2) is 19.6 Å². The number of aromatic nitrogens is 2. The van der Waals surface area contributed by atoms with Crippen molar-refractivity contribution < 1.29 is 37.3 Å². The van der Waals surface area contributed by atoms with Crippen LogP contribution in [0.25, 0.3) is 44.7 Å². The van der Waals surface area contributed by atoms with Gasteiger partial charge in [0.1, 0.15) is 24.7 Å². The van der Waals surface area contributed by atoms with Gasteiger partial charge in [0.25, 0.3) is 0 Å². The van der Waals surface area contributed by atoms with Gasteiger partial charge in [-0.05, 0) is 60.7 Å². The van der Waals surface area contributed by atoms with E-state index >= 15 is 0 Å². The van der Waals surface area contributed by atoms with Crippen LogP contribution in [0.3, 0.4) is 0 Å². The molecule has 0 aliphatic rings. The van der Waals surface area contributed by atoms with Crippen molar-refractivity contribution in [3.05, 3.63) is 81.5 Å². The van der Waals surface area contributed by atoms with Gasteiger partial charge in [-0.2, -0.15) is 0 Å². The van der Waals surface area contributed by atoms with Crippen LogP contribution in [0.5, 0.6) is 11.5 Å². The standard InChI is InChI=1S/C32H32N2O10/c1-37-11-13-39-15-17-41-23-7-9-27-25(19-23)31(35)43-29(33-27)21-3-5-22(6-4-21)30-34-28-10-8-24(20-26(28)32(36)44-30)42-18-16-40-14-12-38-2/h3-10,19-20H,11-18H2,1-2H3. The largest absolute Gasteiger partial charge is 0.491 e. The molecule has 44 heavy (non-hydrogen) atoms. The van der Waals surface area contributed by atoms with Crippen molar-refractivity contribution in [3.8, 4) is 34.4 Å². The molecule has 0 saturated carbocycles. The van der Waals surface area contributed by atoms with Crippen LogP contribution < -0.4 is 20.7 Å². The molecule has 0 radical (unpaired) electrons. The van der Waals surface area contributed by atoms with Crippen molar-refractivity contribution in [3.63, 3.8) is 0 Å². The van der Waals surface area contributed by atoms with Gasteiger partial charge in [-0.3, -0.25) is 0 Å². The number of benzene rings is 3. The summed E-state index contributed by atoms with van der Waals surface area (Å²) in [5, 5.41) is 0.601. The summed E-state index contributed by atoms with van der Waals surface area (Å²) in [5.74, 6) is 1.32. The molecule has 12 nitrogen and oxygen atoms in total. The lowest BCUT2D eigenvalue weighted by Gasteiger charge is -2.08. The lowest BCUT2D eigenvalue weighted by atomic mass is 10.1. The van der Waals surface area contributed by atoms with Gasteiger partial charge >= 0.3 is 11.3 Å². The Kier molecular flexibility index (Phi) is 10.7. The van der Waals surface area contributed by atoms with Gasteiger partial charge < -0.3 is 37.3 Å². The van der Waals surface area contributed by atoms with E-state index in [0.717, 1.165) is 0 Å². The van der Waals surface area contributed by atoms with Gasteiger partial charge in [-0.15, -0.1) is 0 Å². The Morgan fingerprint density at radius 2 is 0.955 bits per heavy atom. The van der Waals surface area contributed by atoms with Crippen LogP contribution in [0.2, 0.25) is 0 Å². The molecule has 0 fully saturated rings. The normalized spacial score (nSPS) is 11.3. The highest BCUT2D eigenvalue weighted by atomic mass is 16.5. The summed E-state index contributed by atoms with van der Waals surface area (Å²) < 4.78 is 43.0. The molecule has 2 heterocycles. The summed E-state index contributed by atoms with van der Waals surface area (Å²) in [6.45, 7) is 3.41. The lowest BCUT2D eigenvalue weighted by Crippen LogP contribution is -2.10.